The smallest absolute Gasteiger partial charge is 0.411 e. The molecule has 2 atom stereocenters. The highest BCUT2D eigenvalue weighted by molar-refractivity contribution is 6.12. The molecule has 1 fully saturated rings. The van der Waals surface area contributed by atoms with Crippen molar-refractivity contribution in [3.8, 4) is 0 Å². The fourth-order valence-electron chi connectivity index (χ4n) is 3.04. The highest BCUT2D eigenvalue weighted by Gasteiger charge is 2.41. The second-order valence-electron chi connectivity index (χ2n) is 8.13. The lowest BCUT2D eigenvalue weighted by Crippen LogP contribution is -2.46. The molecule has 0 aliphatic carbocycles. The molecule has 0 saturated carbocycles. The van der Waals surface area contributed by atoms with Crippen molar-refractivity contribution in [3.05, 3.63) is 35.4 Å². The lowest BCUT2D eigenvalue weighted by atomic mass is 10.0. The van der Waals surface area contributed by atoms with Gasteiger partial charge in [-0.3, -0.25) is 9.69 Å². The average molecular weight is 419 g/mol. The van der Waals surface area contributed by atoms with Crippen LogP contribution in [0.2, 0.25) is 0 Å². The van der Waals surface area contributed by atoms with E-state index in [1.807, 2.05) is 6.92 Å². The largest absolute Gasteiger partial charge is 0.463 e. The SMILES string of the molecule is CCOC(=O)C(OC(=O)[C@@H]1CCCN1C(=O)OC(C)(C)C)C(=O)c1ccc(C)cc1. The number of amides is 1. The first-order valence-electron chi connectivity index (χ1n) is 10.0. The molecule has 1 aromatic rings. The average Bonchev–Trinajstić information content (AvgIpc) is 3.15. The number of hydrogen-bond acceptors (Lipinski definition) is 7. The van der Waals surface area contributed by atoms with Crippen LogP contribution in [0.1, 0.15) is 56.5 Å². The van der Waals surface area contributed by atoms with Gasteiger partial charge in [0.15, 0.2) is 0 Å². The predicted molar refractivity (Wildman–Crippen MR) is 108 cm³/mol. The Labute approximate surface area is 176 Å². The van der Waals surface area contributed by atoms with Crippen LogP contribution in [0.15, 0.2) is 24.3 Å². The summed E-state index contributed by atoms with van der Waals surface area (Å²) in [6.45, 7) is 8.99. The van der Waals surface area contributed by atoms with Crippen LogP contribution in [0.3, 0.4) is 0 Å². The fraction of sp³-hybridized carbons (Fsp3) is 0.545. The molecule has 0 N–H and O–H groups in total. The minimum Gasteiger partial charge on any atom is -0.463 e. The van der Waals surface area contributed by atoms with E-state index in [1.165, 1.54) is 4.90 Å². The molecule has 8 heteroatoms. The molecular weight excluding hydrogens is 390 g/mol. The Balaban J connectivity index is 2.19. The summed E-state index contributed by atoms with van der Waals surface area (Å²) in [4.78, 5) is 51.7. The molecule has 164 valence electrons. The molecule has 1 aliphatic heterocycles. The van der Waals surface area contributed by atoms with Crippen LogP contribution in [-0.2, 0) is 23.8 Å². The first-order valence-corrected chi connectivity index (χ1v) is 10.0. The Morgan fingerprint density at radius 1 is 1.13 bits per heavy atom. The molecular formula is C22H29NO7. The van der Waals surface area contributed by atoms with Gasteiger partial charge in [0.05, 0.1) is 6.61 Å². The summed E-state index contributed by atoms with van der Waals surface area (Å²) in [5.74, 6) is -2.46. The molecule has 2 rings (SSSR count). The molecule has 0 aromatic heterocycles. The minimum atomic E-state index is -1.73. The number of ketones is 1. The van der Waals surface area contributed by atoms with Gasteiger partial charge in [-0.15, -0.1) is 0 Å². The molecule has 1 aromatic carbocycles. The van der Waals surface area contributed by atoms with Crippen molar-refractivity contribution < 1.29 is 33.4 Å². The van der Waals surface area contributed by atoms with Crippen molar-refractivity contribution in [1.82, 2.24) is 4.90 Å². The maximum absolute atomic E-state index is 12.8. The van der Waals surface area contributed by atoms with Gasteiger partial charge >= 0.3 is 18.0 Å². The predicted octanol–water partition coefficient (Wildman–Crippen LogP) is 3.05. The van der Waals surface area contributed by atoms with Crippen LogP contribution in [0, 0.1) is 6.92 Å². The van der Waals surface area contributed by atoms with Gasteiger partial charge < -0.3 is 14.2 Å². The monoisotopic (exact) mass is 419 g/mol. The van der Waals surface area contributed by atoms with E-state index in [-0.39, 0.29) is 12.2 Å². The number of esters is 2. The zero-order chi connectivity index (χ0) is 22.5. The number of nitrogens with zero attached hydrogens (tertiary/aromatic N) is 1. The number of carbonyl (C=O) groups excluding carboxylic acids is 4. The van der Waals surface area contributed by atoms with E-state index < -0.39 is 41.6 Å². The second-order valence-corrected chi connectivity index (χ2v) is 8.13. The molecule has 1 unspecified atom stereocenters. The van der Waals surface area contributed by atoms with Crippen molar-refractivity contribution in [1.29, 1.82) is 0 Å². The number of Topliss-reactive ketones (excluding diaryl/α,β-unsaturated/α-hetero) is 1. The Kier molecular flexibility index (Phi) is 7.59. The summed E-state index contributed by atoms with van der Waals surface area (Å²) in [5, 5.41) is 0. The van der Waals surface area contributed by atoms with E-state index in [1.54, 1.807) is 52.0 Å². The van der Waals surface area contributed by atoms with Gasteiger partial charge in [0.1, 0.15) is 11.6 Å². The zero-order valence-corrected chi connectivity index (χ0v) is 18.1. The van der Waals surface area contributed by atoms with Gasteiger partial charge in [-0.2, -0.15) is 0 Å². The summed E-state index contributed by atoms with van der Waals surface area (Å²) in [6, 6.07) is 5.62. The van der Waals surface area contributed by atoms with Gasteiger partial charge in [0, 0.05) is 12.1 Å². The summed E-state index contributed by atoms with van der Waals surface area (Å²) in [5.41, 5.74) is 0.445. The summed E-state index contributed by atoms with van der Waals surface area (Å²) in [6.07, 6.45) is -1.44. The maximum atomic E-state index is 12.8. The van der Waals surface area contributed by atoms with Crippen molar-refractivity contribution >= 4 is 23.8 Å². The molecule has 8 nitrogen and oxygen atoms in total. The number of hydrogen-bond donors (Lipinski definition) is 0. The van der Waals surface area contributed by atoms with Crippen LogP contribution < -0.4 is 0 Å². The molecule has 0 radical (unpaired) electrons. The van der Waals surface area contributed by atoms with Crippen LogP contribution in [-0.4, -0.2) is 59.6 Å². The lowest BCUT2D eigenvalue weighted by Gasteiger charge is -2.28. The molecule has 1 amide bonds. The normalized spacial score (nSPS) is 17.2. The molecule has 1 saturated heterocycles. The number of aryl methyl sites for hydroxylation is 1. The van der Waals surface area contributed by atoms with Gasteiger partial charge in [0.25, 0.3) is 6.10 Å². The topological polar surface area (TPSA) is 99.2 Å². The number of likely N-dealkylation sites (tertiary alicyclic amines) is 1. The van der Waals surface area contributed by atoms with Crippen molar-refractivity contribution in [2.45, 2.75) is 65.2 Å². The van der Waals surface area contributed by atoms with Gasteiger partial charge in [0.2, 0.25) is 5.78 Å². The van der Waals surface area contributed by atoms with Crippen LogP contribution in [0.4, 0.5) is 4.79 Å². The third-order valence-electron chi connectivity index (χ3n) is 4.46. The van der Waals surface area contributed by atoms with E-state index in [0.717, 1.165) is 5.56 Å². The van der Waals surface area contributed by atoms with Gasteiger partial charge in [-0.25, -0.2) is 14.4 Å². The molecule has 0 spiro atoms. The number of benzene rings is 1. The van der Waals surface area contributed by atoms with E-state index in [0.29, 0.717) is 19.4 Å². The van der Waals surface area contributed by atoms with E-state index in [4.69, 9.17) is 14.2 Å². The van der Waals surface area contributed by atoms with Crippen LogP contribution in [0.5, 0.6) is 0 Å². The van der Waals surface area contributed by atoms with Crippen molar-refractivity contribution in [2.24, 2.45) is 0 Å². The summed E-state index contributed by atoms with van der Waals surface area (Å²) < 4.78 is 15.6. The first kappa shape index (κ1) is 23.4. The van der Waals surface area contributed by atoms with E-state index in [9.17, 15) is 19.2 Å². The van der Waals surface area contributed by atoms with Crippen molar-refractivity contribution in [3.63, 3.8) is 0 Å². The Bertz CT molecular complexity index is 795. The third kappa shape index (κ3) is 6.05. The highest BCUT2D eigenvalue weighted by Crippen LogP contribution is 2.23. The summed E-state index contributed by atoms with van der Waals surface area (Å²) in [7, 11) is 0. The van der Waals surface area contributed by atoms with Crippen LogP contribution >= 0.6 is 0 Å². The van der Waals surface area contributed by atoms with Crippen LogP contribution in [0.25, 0.3) is 0 Å². The lowest BCUT2D eigenvalue weighted by molar-refractivity contribution is -0.166. The Morgan fingerprint density at radius 3 is 2.33 bits per heavy atom. The third-order valence-corrected chi connectivity index (χ3v) is 4.46. The molecule has 1 aliphatic rings. The van der Waals surface area contributed by atoms with E-state index in [2.05, 4.69) is 0 Å². The Morgan fingerprint density at radius 2 is 1.77 bits per heavy atom. The van der Waals surface area contributed by atoms with Gasteiger partial charge in [-0.05, 0) is 47.5 Å². The second kappa shape index (κ2) is 9.73. The first-order chi connectivity index (χ1) is 14.0. The standard InChI is InChI=1S/C22H29NO7/c1-6-28-20(26)18(17(24)15-11-9-14(2)10-12-15)29-19(25)16-8-7-13-23(16)21(27)30-22(3,4)5/h9-12,16,18H,6-8,13H2,1-5H3/t16-,18?/m0/s1. The maximum Gasteiger partial charge on any atom is 0.411 e. The highest BCUT2D eigenvalue weighted by atomic mass is 16.6. The Hall–Kier alpha value is -2.90. The molecule has 0 bridgehead atoms. The zero-order valence-electron chi connectivity index (χ0n) is 18.1. The minimum absolute atomic E-state index is 0.0293. The fourth-order valence-corrected chi connectivity index (χ4v) is 3.04. The molecule has 30 heavy (non-hydrogen) atoms. The number of carbonyl (C=O) groups is 4. The van der Waals surface area contributed by atoms with Gasteiger partial charge in [-0.1, -0.05) is 29.8 Å². The summed E-state index contributed by atoms with van der Waals surface area (Å²) >= 11 is 0. The van der Waals surface area contributed by atoms with E-state index >= 15 is 0 Å². The number of ether oxygens (including phenoxy) is 3. The molecule has 1 heterocycles. The van der Waals surface area contributed by atoms with Crippen molar-refractivity contribution in [2.75, 3.05) is 13.2 Å². The quantitative estimate of drug-likeness (QED) is 0.302. The number of rotatable bonds is 6.